The number of ether oxygens (including phenoxy) is 1. The summed E-state index contributed by atoms with van der Waals surface area (Å²) in [5, 5.41) is 6.78. The van der Waals surface area contributed by atoms with Gasteiger partial charge < -0.3 is 19.8 Å². The van der Waals surface area contributed by atoms with Gasteiger partial charge in [0.25, 0.3) is 0 Å². The first-order chi connectivity index (χ1) is 11.0. The summed E-state index contributed by atoms with van der Waals surface area (Å²) in [6.07, 6.45) is 0. The van der Waals surface area contributed by atoms with E-state index >= 15 is 0 Å². The SMILES string of the molecule is CN=C(NCC(C)N1CCOCC1C)NC(C)c1ccc(C)o1.I. The lowest BCUT2D eigenvalue weighted by atomic mass is 10.2. The van der Waals surface area contributed by atoms with Crippen LogP contribution in [0, 0.1) is 6.92 Å². The molecule has 3 unspecified atom stereocenters. The second kappa shape index (κ2) is 10.2. The highest BCUT2D eigenvalue weighted by atomic mass is 127. The first-order valence-electron chi connectivity index (χ1n) is 8.38. The van der Waals surface area contributed by atoms with E-state index in [-0.39, 0.29) is 30.0 Å². The van der Waals surface area contributed by atoms with Crippen LogP contribution in [0.2, 0.25) is 0 Å². The van der Waals surface area contributed by atoms with E-state index < -0.39 is 0 Å². The Hall–Kier alpha value is -0.800. The molecule has 1 aliphatic heterocycles. The smallest absolute Gasteiger partial charge is 0.191 e. The van der Waals surface area contributed by atoms with Gasteiger partial charge in [-0.2, -0.15) is 0 Å². The molecule has 0 spiro atoms. The number of rotatable bonds is 5. The van der Waals surface area contributed by atoms with E-state index in [1.54, 1.807) is 7.05 Å². The fourth-order valence-electron chi connectivity index (χ4n) is 2.91. The van der Waals surface area contributed by atoms with Crippen LogP contribution in [0.3, 0.4) is 0 Å². The highest BCUT2D eigenvalue weighted by molar-refractivity contribution is 14.0. The minimum atomic E-state index is 0. The summed E-state index contributed by atoms with van der Waals surface area (Å²) in [7, 11) is 1.79. The molecule has 0 amide bonds. The van der Waals surface area contributed by atoms with Gasteiger partial charge in [0.1, 0.15) is 11.5 Å². The average Bonchev–Trinajstić information content (AvgIpc) is 2.98. The van der Waals surface area contributed by atoms with Crippen molar-refractivity contribution in [3.8, 4) is 0 Å². The maximum atomic E-state index is 5.66. The third-order valence-electron chi connectivity index (χ3n) is 4.31. The Kier molecular flexibility index (Phi) is 9.07. The van der Waals surface area contributed by atoms with Crippen LogP contribution in [0.4, 0.5) is 0 Å². The lowest BCUT2D eigenvalue weighted by Crippen LogP contribution is -2.53. The van der Waals surface area contributed by atoms with Crippen LogP contribution < -0.4 is 10.6 Å². The summed E-state index contributed by atoms with van der Waals surface area (Å²) in [5.74, 6) is 2.63. The van der Waals surface area contributed by atoms with Crippen LogP contribution in [0.5, 0.6) is 0 Å². The van der Waals surface area contributed by atoms with E-state index in [1.165, 1.54) is 0 Å². The summed E-state index contributed by atoms with van der Waals surface area (Å²) in [4.78, 5) is 6.78. The molecular formula is C17H31IN4O2. The molecule has 7 heteroatoms. The Morgan fingerprint density at radius 3 is 2.75 bits per heavy atom. The maximum absolute atomic E-state index is 5.66. The molecule has 2 N–H and O–H groups in total. The first kappa shape index (κ1) is 21.2. The fourth-order valence-corrected chi connectivity index (χ4v) is 2.91. The molecule has 2 rings (SSSR count). The molecule has 3 atom stereocenters. The number of morpholine rings is 1. The number of aryl methyl sites for hydroxylation is 1. The lowest BCUT2D eigenvalue weighted by Gasteiger charge is -2.38. The van der Waals surface area contributed by atoms with Crippen molar-refractivity contribution < 1.29 is 9.15 Å². The molecular weight excluding hydrogens is 419 g/mol. The van der Waals surface area contributed by atoms with Gasteiger partial charge in [-0.25, -0.2) is 0 Å². The second-order valence-electron chi connectivity index (χ2n) is 6.28. The van der Waals surface area contributed by atoms with Crippen LogP contribution in [0.25, 0.3) is 0 Å². The van der Waals surface area contributed by atoms with E-state index in [9.17, 15) is 0 Å². The molecule has 1 saturated heterocycles. The molecule has 1 aromatic rings. The fraction of sp³-hybridized carbons (Fsp3) is 0.706. The summed E-state index contributed by atoms with van der Waals surface area (Å²) in [6.45, 7) is 11.9. The minimum absolute atomic E-state index is 0. The molecule has 0 aliphatic carbocycles. The predicted molar refractivity (Wildman–Crippen MR) is 108 cm³/mol. The summed E-state index contributed by atoms with van der Waals surface area (Å²) >= 11 is 0. The van der Waals surface area contributed by atoms with Gasteiger partial charge in [0.2, 0.25) is 0 Å². The van der Waals surface area contributed by atoms with E-state index in [2.05, 4.69) is 41.3 Å². The maximum Gasteiger partial charge on any atom is 0.191 e. The number of hydrogen-bond donors (Lipinski definition) is 2. The molecule has 24 heavy (non-hydrogen) atoms. The van der Waals surface area contributed by atoms with Gasteiger partial charge in [-0.1, -0.05) is 0 Å². The van der Waals surface area contributed by atoms with Crippen molar-refractivity contribution in [2.24, 2.45) is 4.99 Å². The van der Waals surface area contributed by atoms with Crippen LogP contribution in [-0.2, 0) is 4.74 Å². The summed E-state index contributed by atoms with van der Waals surface area (Å²) < 4.78 is 11.2. The molecule has 6 nitrogen and oxygen atoms in total. The van der Waals surface area contributed by atoms with Gasteiger partial charge in [0, 0.05) is 32.2 Å². The molecule has 0 saturated carbocycles. The number of hydrogen-bond acceptors (Lipinski definition) is 4. The van der Waals surface area contributed by atoms with Gasteiger partial charge >= 0.3 is 0 Å². The topological polar surface area (TPSA) is 62.0 Å². The quantitative estimate of drug-likeness (QED) is 0.410. The van der Waals surface area contributed by atoms with Gasteiger partial charge in [-0.15, -0.1) is 24.0 Å². The zero-order chi connectivity index (χ0) is 16.8. The number of furan rings is 1. The van der Waals surface area contributed by atoms with Gasteiger partial charge in [0.05, 0.1) is 19.3 Å². The third-order valence-corrected chi connectivity index (χ3v) is 4.31. The third kappa shape index (κ3) is 5.93. The van der Waals surface area contributed by atoms with Gasteiger partial charge in [-0.3, -0.25) is 9.89 Å². The Labute approximate surface area is 162 Å². The largest absolute Gasteiger partial charge is 0.464 e. The second-order valence-corrected chi connectivity index (χ2v) is 6.28. The Balaban J connectivity index is 0.00000288. The number of aliphatic imine (C=N–C) groups is 1. The van der Waals surface area contributed by atoms with Crippen molar-refractivity contribution in [1.29, 1.82) is 0 Å². The number of halogens is 1. The average molecular weight is 450 g/mol. The Morgan fingerprint density at radius 1 is 1.42 bits per heavy atom. The molecule has 1 fully saturated rings. The highest BCUT2D eigenvalue weighted by Crippen LogP contribution is 2.15. The highest BCUT2D eigenvalue weighted by Gasteiger charge is 2.23. The molecule has 2 heterocycles. The van der Waals surface area contributed by atoms with E-state index in [0.717, 1.165) is 43.8 Å². The molecule has 0 bridgehead atoms. The predicted octanol–water partition coefficient (Wildman–Crippen LogP) is 2.54. The lowest BCUT2D eigenvalue weighted by molar-refractivity contribution is -0.0174. The van der Waals surface area contributed by atoms with Gasteiger partial charge in [-0.05, 0) is 39.8 Å². The Bertz CT molecular complexity index is 520. The van der Waals surface area contributed by atoms with Crippen LogP contribution >= 0.6 is 24.0 Å². The van der Waals surface area contributed by atoms with Crippen LogP contribution in [0.1, 0.15) is 38.3 Å². The monoisotopic (exact) mass is 450 g/mol. The Morgan fingerprint density at radius 2 is 2.17 bits per heavy atom. The number of nitrogens with one attached hydrogen (secondary N) is 2. The van der Waals surface area contributed by atoms with E-state index in [0.29, 0.717) is 12.1 Å². The van der Waals surface area contributed by atoms with Crippen LogP contribution in [-0.4, -0.2) is 56.3 Å². The van der Waals surface area contributed by atoms with Crippen molar-refractivity contribution in [3.05, 3.63) is 23.7 Å². The van der Waals surface area contributed by atoms with E-state index in [4.69, 9.17) is 9.15 Å². The van der Waals surface area contributed by atoms with Crippen molar-refractivity contribution in [2.75, 3.05) is 33.4 Å². The number of guanidine groups is 1. The summed E-state index contributed by atoms with van der Waals surface area (Å²) in [6, 6.07) is 4.94. The summed E-state index contributed by atoms with van der Waals surface area (Å²) in [5.41, 5.74) is 0. The van der Waals surface area contributed by atoms with Crippen LogP contribution in [0.15, 0.2) is 21.5 Å². The minimum Gasteiger partial charge on any atom is -0.464 e. The standard InChI is InChI=1S/C17H30N4O2.HI/c1-12(21-8-9-22-11-13(21)2)10-19-17(18-5)20-15(4)16-7-6-14(3)23-16;/h6-7,12-13,15H,8-11H2,1-5H3,(H2,18,19,20);1H. The molecule has 138 valence electrons. The van der Waals surface area contributed by atoms with E-state index in [1.807, 2.05) is 19.1 Å². The molecule has 1 aliphatic rings. The van der Waals surface area contributed by atoms with Crippen molar-refractivity contribution >= 4 is 29.9 Å². The first-order valence-corrected chi connectivity index (χ1v) is 8.38. The normalized spacial score (nSPS) is 21.7. The molecule has 0 aromatic carbocycles. The zero-order valence-electron chi connectivity index (χ0n) is 15.3. The van der Waals surface area contributed by atoms with Crippen molar-refractivity contribution in [1.82, 2.24) is 15.5 Å². The number of nitrogens with zero attached hydrogens (tertiary/aromatic N) is 2. The van der Waals surface area contributed by atoms with Gasteiger partial charge in [0.15, 0.2) is 5.96 Å². The molecule has 0 radical (unpaired) electrons. The van der Waals surface area contributed by atoms with Crippen molar-refractivity contribution in [3.63, 3.8) is 0 Å². The zero-order valence-corrected chi connectivity index (χ0v) is 17.7. The van der Waals surface area contributed by atoms with Crippen molar-refractivity contribution in [2.45, 2.75) is 45.8 Å². The molecule has 1 aromatic heterocycles.